The number of carbonyl (C=O) groups is 4. The molecular weight excluding hydrogens is 358 g/mol. The van der Waals surface area contributed by atoms with Gasteiger partial charge in [-0.25, -0.2) is 9.59 Å². The van der Waals surface area contributed by atoms with Crippen LogP contribution in [0.3, 0.4) is 0 Å². The molecule has 0 aliphatic carbocycles. The van der Waals surface area contributed by atoms with Crippen LogP contribution in [-0.2, 0) is 19.1 Å². The van der Waals surface area contributed by atoms with Crippen molar-refractivity contribution in [1.82, 2.24) is 5.32 Å². The van der Waals surface area contributed by atoms with Crippen LogP contribution < -0.4 is 10.6 Å². The first kappa shape index (κ1) is 21.2. The van der Waals surface area contributed by atoms with Gasteiger partial charge in [0, 0.05) is 12.7 Å². The van der Waals surface area contributed by atoms with Crippen molar-refractivity contribution in [3.63, 3.8) is 0 Å². The molecule has 0 unspecified atom stereocenters. The average molecular weight is 375 g/mol. The van der Waals surface area contributed by atoms with Gasteiger partial charge in [0.25, 0.3) is 5.91 Å². The van der Waals surface area contributed by atoms with Gasteiger partial charge in [0.1, 0.15) is 11.6 Å². The van der Waals surface area contributed by atoms with Crippen LogP contribution in [0.25, 0.3) is 0 Å². The third-order valence-corrected chi connectivity index (χ3v) is 3.21. The summed E-state index contributed by atoms with van der Waals surface area (Å²) in [6, 6.07) is 5.63. The van der Waals surface area contributed by atoms with Crippen LogP contribution in [0.15, 0.2) is 30.0 Å². The van der Waals surface area contributed by atoms with E-state index in [1.807, 2.05) is 0 Å². The Bertz CT molecular complexity index is 824. The number of carbonyl (C=O) groups excluding carboxylic acids is 3. The predicted molar refractivity (Wildman–Crippen MR) is 91.7 cm³/mol. The zero-order chi connectivity index (χ0) is 20.4. The molecule has 0 fully saturated rings. The number of nitriles is 1. The summed E-state index contributed by atoms with van der Waals surface area (Å²) in [4.78, 5) is 45.8. The molecule has 1 aromatic carbocycles. The number of anilines is 1. The Morgan fingerprint density at radius 2 is 1.85 bits per heavy atom. The summed E-state index contributed by atoms with van der Waals surface area (Å²) in [5, 5.41) is 22.5. The van der Waals surface area contributed by atoms with E-state index in [1.54, 1.807) is 6.07 Å². The molecule has 0 heterocycles. The first-order valence-electron chi connectivity index (χ1n) is 7.51. The number of aliphatic carboxylic acids is 1. The molecule has 10 nitrogen and oxygen atoms in total. The molecule has 3 N–H and O–H groups in total. The van der Waals surface area contributed by atoms with Gasteiger partial charge in [0.2, 0.25) is 0 Å². The Morgan fingerprint density at radius 3 is 2.41 bits per heavy atom. The standard InChI is InChI=1S/C17H17N3O7/c1-26-16(24)10-3-4-12(17(25)27-2)13(7-10)20-9-11(8-18)15(23)19-6-5-14(21)22/h3-4,7,9,20H,5-6H2,1-2H3,(H,19,23)(H,21,22)/b11-9-. The highest BCUT2D eigenvalue weighted by Crippen LogP contribution is 2.20. The Hall–Kier alpha value is -3.87. The molecule has 1 aromatic rings. The third-order valence-electron chi connectivity index (χ3n) is 3.21. The summed E-state index contributed by atoms with van der Waals surface area (Å²) >= 11 is 0. The van der Waals surface area contributed by atoms with E-state index in [0.29, 0.717) is 0 Å². The molecule has 0 atom stereocenters. The van der Waals surface area contributed by atoms with Gasteiger partial charge in [-0.15, -0.1) is 0 Å². The van der Waals surface area contributed by atoms with Crippen LogP contribution >= 0.6 is 0 Å². The Balaban J connectivity index is 3.08. The molecule has 0 aromatic heterocycles. The first-order chi connectivity index (χ1) is 12.8. The van der Waals surface area contributed by atoms with E-state index < -0.39 is 23.8 Å². The van der Waals surface area contributed by atoms with Gasteiger partial charge in [0.05, 0.1) is 37.5 Å². The van der Waals surface area contributed by atoms with Crippen molar-refractivity contribution < 1.29 is 33.8 Å². The monoisotopic (exact) mass is 375 g/mol. The predicted octanol–water partition coefficient (Wildman–Crippen LogP) is 0.670. The number of amides is 1. The van der Waals surface area contributed by atoms with Crippen molar-refractivity contribution in [1.29, 1.82) is 5.26 Å². The van der Waals surface area contributed by atoms with Crippen molar-refractivity contribution in [2.45, 2.75) is 6.42 Å². The lowest BCUT2D eigenvalue weighted by molar-refractivity contribution is -0.136. The minimum absolute atomic E-state index is 0.0602. The minimum atomic E-state index is -1.10. The second-order valence-electron chi connectivity index (χ2n) is 4.96. The van der Waals surface area contributed by atoms with Gasteiger partial charge in [0.15, 0.2) is 0 Å². The smallest absolute Gasteiger partial charge is 0.339 e. The van der Waals surface area contributed by atoms with Gasteiger partial charge in [-0.2, -0.15) is 5.26 Å². The second-order valence-corrected chi connectivity index (χ2v) is 4.96. The van der Waals surface area contributed by atoms with Crippen LogP contribution in [0.2, 0.25) is 0 Å². The average Bonchev–Trinajstić information content (AvgIpc) is 2.66. The van der Waals surface area contributed by atoms with E-state index in [4.69, 9.17) is 10.4 Å². The molecule has 1 amide bonds. The highest BCUT2D eigenvalue weighted by Gasteiger charge is 2.16. The highest BCUT2D eigenvalue weighted by atomic mass is 16.5. The number of nitrogens with zero attached hydrogens (tertiary/aromatic N) is 1. The van der Waals surface area contributed by atoms with Crippen LogP contribution in [0.4, 0.5) is 5.69 Å². The molecule has 0 saturated carbocycles. The van der Waals surface area contributed by atoms with Crippen molar-refractivity contribution >= 4 is 29.5 Å². The lowest BCUT2D eigenvalue weighted by Crippen LogP contribution is -2.27. The topological polar surface area (TPSA) is 155 Å². The minimum Gasteiger partial charge on any atom is -0.481 e. The summed E-state index contributed by atoms with van der Waals surface area (Å²) in [5.41, 5.74) is -0.0639. The van der Waals surface area contributed by atoms with Crippen LogP contribution in [0.1, 0.15) is 27.1 Å². The summed E-state index contributed by atoms with van der Waals surface area (Å²) in [7, 11) is 2.37. The lowest BCUT2D eigenvalue weighted by Gasteiger charge is -2.10. The van der Waals surface area contributed by atoms with Gasteiger partial charge in [-0.1, -0.05) is 0 Å². The van der Waals surface area contributed by atoms with Crippen LogP contribution in [0, 0.1) is 11.3 Å². The maximum Gasteiger partial charge on any atom is 0.339 e. The number of nitrogens with one attached hydrogen (secondary N) is 2. The maximum atomic E-state index is 11.9. The van der Waals surface area contributed by atoms with E-state index in [9.17, 15) is 19.2 Å². The fraction of sp³-hybridized carbons (Fsp3) is 0.235. The molecule has 0 bridgehead atoms. The molecule has 1 rings (SSSR count). The molecule has 27 heavy (non-hydrogen) atoms. The van der Waals surface area contributed by atoms with E-state index in [2.05, 4.69) is 20.1 Å². The fourth-order valence-electron chi connectivity index (χ4n) is 1.87. The largest absolute Gasteiger partial charge is 0.481 e. The molecular formula is C17H17N3O7. The molecule has 0 aliphatic rings. The molecule has 0 spiro atoms. The van der Waals surface area contributed by atoms with Crippen molar-refractivity contribution in [2.24, 2.45) is 0 Å². The third kappa shape index (κ3) is 6.17. The normalized spacial score (nSPS) is 10.3. The fourth-order valence-corrected chi connectivity index (χ4v) is 1.87. The number of carboxylic acids is 1. The Morgan fingerprint density at radius 1 is 1.19 bits per heavy atom. The second kappa shape index (κ2) is 10.2. The number of hydrogen-bond acceptors (Lipinski definition) is 8. The molecule has 0 saturated heterocycles. The number of ether oxygens (including phenoxy) is 2. The SMILES string of the molecule is COC(=O)c1ccc(C(=O)OC)c(N/C=C(/C#N)C(=O)NCCC(=O)O)c1. The summed E-state index contributed by atoms with van der Waals surface area (Å²) < 4.78 is 9.25. The van der Waals surface area contributed by atoms with Crippen LogP contribution in [0.5, 0.6) is 0 Å². The molecule has 10 heteroatoms. The van der Waals surface area contributed by atoms with Crippen molar-refractivity contribution in [3.8, 4) is 6.07 Å². The Labute approximate surface area is 154 Å². The molecule has 142 valence electrons. The maximum absolute atomic E-state index is 11.9. The quantitative estimate of drug-likeness (QED) is 0.338. The van der Waals surface area contributed by atoms with E-state index >= 15 is 0 Å². The zero-order valence-corrected chi connectivity index (χ0v) is 14.6. The van der Waals surface area contributed by atoms with Crippen molar-refractivity contribution in [2.75, 3.05) is 26.1 Å². The number of rotatable bonds is 8. The van der Waals surface area contributed by atoms with Crippen LogP contribution in [-0.4, -0.2) is 49.7 Å². The number of carboxylic acid groups (broad SMARTS) is 1. The zero-order valence-electron chi connectivity index (χ0n) is 14.6. The number of esters is 2. The Kier molecular flexibility index (Phi) is 8.00. The van der Waals surface area contributed by atoms with Gasteiger partial charge in [-0.05, 0) is 18.2 Å². The van der Waals surface area contributed by atoms with E-state index in [0.717, 1.165) is 6.20 Å². The summed E-state index contributed by atoms with van der Waals surface area (Å²) in [6.45, 7) is -0.154. The highest BCUT2D eigenvalue weighted by molar-refractivity contribution is 6.00. The summed E-state index contributed by atoms with van der Waals surface area (Å²) in [6.07, 6.45) is 0.727. The van der Waals surface area contributed by atoms with Gasteiger partial charge in [-0.3, -0.25) is 9.59 Å². The molecule has 0 radical (unpaired) electrons. The van der Waals surface area contributed by atoms with E-state index in [1.165, 1.54) is 32.4 Å². The lowest BCUT2D eigenvalue weighted by atomic mass is 10.1. The van der Waals surface area contributed by atoms with Crippen molar-refractivity contribution in [3.05, 3.63) is 41.1 Å². The van der Waals surface area contributed by atoms with Gasteiger partial charge < -0.3 is 25.2 Å². The number of hydrogen-bond donors (Lipinski definition) is 3. The molecule has 0 aliphatic heterocycles. The van der Waals surface area contributed by atoms with Gasteiger partial charge >= 0.3 is 17.9 Å². The summed E-state index contributed by atoms with van der Waals surface area (Å²) in [5.74, 6) is -3.25. The number of methoxy groups -OCH3 is 2. The number of benzene rings is 1. The van der Waals surface area contributed by atoms with E-state index in [-0.39, 0.29) is 35.4 Å². The first-order valence-corrected chi connectivity index (χ1v) is 7.51.